The molecule has 2 aromatic rings. The van der Waals surface area contributed by atoms with E-state index in [0.717, 1.165) is 24.5 Å². The molecule has 0 aliphatic rings. The number of benzene rings is 2. The van der Waals surface area contributed by atoms with Crippen LogP contribution in [0.15, 0.2) is 54.6 Å². The van der Waals surface area contributed by atoms with E-state index in [2.05, 4.69) is 24.4 Å². The second kappa shape index (κ2) is 8.20. The van der Waals surface area contributed by atoms with Gasteiger partial charge in [-0.1, -0.05) is 36.4 Å². The van der Waals surface area contributed by atoms with Crippen LogP contribution in [0.1, 0.15) is 12.5 Å². The molecule has 116 valence electrons. The smallest absolute Gasteiger partial charge is 0.279 e. The van der Waals surface area contributed by atoms with Gasteiger partial charge in [0.25, 0.3) is 5.91 Å². The molecule has 1 atom stereocenters. The molecule has 0 radical (unpaired) electrons. The van der Waals surface area contributed by atoms with Crippen molar-refractivity contribution in [1.29, 1.82) is 0 Å². The van der Waals surface area contributed by atoms with Gasteiger partial charge in [0.1, 0.15) is 12.3 Å². The molecule has 4 heteroatoms. The average Bonchev–Trinajstić information content (AvgIpc) is 2.55. The lowest BCUT2D eigenvalue weighted by Crippen LogP contribution is -3.11. The number of amides is 1. The molecule has 2 rings (SSSR count). The van der Waals surface area contributed by atoms with Gasteiger partial charge in [0.05, 0.1) is 13.7 Å². The fraction of sp³-hybridized carbons (Fsp3) is 0.278. The van der Waals surface area contributed by atoms with Crippen LogP contribution in [-0.2, 0) is 11.3 Å². The van der Waals surface area contributed by atoms with E-state index >= 15 is 0 Å². The van der Waals surface area contributed by atoms with Crippen LogP contribution >= 0.6 is 0 Å². The average molecular weight is 299 g/mol. The van der Waals surface area contributed by atoms with E-state index < -0.39 is 0 Å². The fourth-order valence-electron chi connectivity index (χ4n) is 2.33. The zero-order chi connectivity index (χ0) is 15.8. The Kier molecular flexibility index (Phi) is 5.98. The number of hydrogen-bond donors (Lipinski definition) is 2. The molecule has 0 bridgehead atoms. The number of quaternary nitrogens is 1. The molecule has 0 spiro atoms. The first-order chi connectivity index (χ1) is 10.7. The fourth-order valence-corrected chi connectivity index (χ4v) is 2.33. The molecule has 22 heavy (non-hydrogen) atoms. The number of hydrogen-bond acceptors (Lipinski definition) is 2. The standard InChI is InChI=1S/C18H22N2O2/c1-3-20(13-15-8-5-4-6-9-15)14-18(21)19-16-10-7-11-17(12-16)22-2/h4-12H,3,13-14H2,1-2H3,(H,19,21)/p+1. The van der Waals surface area contributed by atoms with Crippen LogP contribution in [0.25, 0.3) is 0 Å². The van der Waals surface area contributed by atoms with Gasteiger partial charge < -0.3 is 15.0 Å². The van der Waals surface area contributed by atoms with E-state index in [0.29, 0.717) is 6.54 Å². The summed E-state index contributed by atoms with van der Waals surface area (Å²) >= 11 is 0. The number of carbonyl (C=O) groups excluding carboxylic acids is 1. The minimum absolute atomic E-state index is 0.0148. The predicted octanol–water partition coefficient (Wildman–Crippen LogP) is 1.74. The highest BCUT2D eigenvalue weighted by atomic mass is 16.5. The first-order valence-electron chi connectivity index (χ1n) is 7.52. The van der Waals surface area contributed by atoms with Crippen molar-refractivity contribution in [3.63, 3.8) is 0 Å². The maximum Gasteiger partial charge on any atom is 0.279 e. The van der Waals surface area contributed by atoms with Crippen molar-refractivity contribution in [3.05, 3.63) is 60.2 Å². The highest BCUT2D eigenvalue weighted by Crippen LogP contribution is 2.16. The molecule has 0 heterocycles. The van der Waals surface area contributed by atoms with Crippen molar-refractivity contribution in [1.82, 2.24) is 0 Å². The van der Waals surface area contributed by atoms with Crippen LogP contribution in [-0.4, -0.2) is 26.1 Å². The van der Waals surface area contributed by atoms with Gasteiger partial charge in [-0.3, -0.25) is 4.79 Å². The van der Waals surface area contributed by atoms with Gasteiger partial charge >= 0.3 is 0 Å². The lowest BCUT2D eigenvalue weighted by molar-refractivity contribution is -0.903. The van der Waals surface area contributed by atoms with Crippen molar-refractivity contribution in [2.75, 3.05) is 25.5 Å². The van der Waals surface area contributed by atoms with Crippen LogP contribution in [0.4, 0.5) is 5.69 Å². The third-order valence-corrected chi connectivity index (χ3v) is 3.56. The maximum atomic E-state index is 12.2. The number of rotatable bonds is 7. The van der Waals surface area contributed by atoms with Gasteiger partial charge in [-0.2, -0.15) is 0 Å². The number of anilines is 1. The first kappa shape index (κ1) is 16.0. The third-order valence-electron chi connectivity index (χ3n) is 3.56. The van der Waals surface area contributed by atoms with E-state index in [4.69, 9.17) is 4.74 Å². The van der Waals surface area contributed by atoms with Crippen LogP contribution in [0.5, 0.6) is 5.75 Å². The van der Waals surface area contributed by atoms with Crippen molar-refractivity contribution in [2.24, 2.45) is 0 Å². The van der Waals surface area contributed by atoms with Gasteiger partial charge in [0, 0.05) is 17.3 Å². The number of likely N-dealkylation sites (N-methyl/N-ethyl adjacent to an activating group) is 1. The Hall–Kier alpha value is -2.33. The van der Waals surface area contributed by atoms with E-state index in [-0.39, 0.29) is 5.91 Å². The summed E-state index contributed by atoms with van der Waals surface area (Å²) < 4.78 is 5.16. The molecule has 0 saturated heterocycles. The molecule has 0 aliphatic carbocycles. The first-order valence-corrected chi connectivity index (χ1v) is 7.52. The molecule has 0 aromatic heterocycles. The zero-order valence-corrected chi connectivity index (χ0v) is 13.1. The molecular weight excluding hydrogens is 276 g/mol. The number of methoxy groups -OCH3 is 1. The Labute approximate surface area is 131 Å². The quantitative estimate of drug-likeness (QED) is 0.818. The van der Waals surface area contributed by atoms with Crippen molar-refractivity contribution >= 4 is 11.6 Å². The van der Waals surface area contributed by atoms with Crippen LogP contribution in [0, 0.1) is 0 Å². The molecule has 2 N–H and O–H groups in total. The lowest BCUT2D eigenvalue weighted by Gasteiger charge is -2.17. The van der Waals surface area contributed by atoms with Crippen molar-refractivity contribution in [3.8, 4) is 5.75 Å². The summed E-state index contributed by atoms with van der Waals surface area (Å²) in [7, 11) is 1.61. The normalized spacial score (nSPS) is 11.7. The van der Waals surface area contributed by atoms with Gasteiger partial charge in [0.2, 0.25) is 0 Å². The Balaban J connectivity index is 1.91. The molecule has 0 fully saturated rings. The largest absolute Gasteiger partial charge is 0.497 e. The van der Waals surface area contributed by atoms with Crippen LogP contribution in [0.2, 0.25) is 0 Å². The number of nitrogens with one attached hydrogen (secondary N) is 2. The van der Waals surface area contributed by atoms with Gasteiger partial charge in [-0.05, 0) is 19.1 Å². The minimum atomic E-state index is 0.0148. The van der Waals surface area contributed by atoms with Crippen molar-refractivity contribution < 1.29 is 14.4 Å². The molecule has 1 unspecified atom stereocenters. The molecule has 4 nitrogen and oxygen atoms in total. The minimum Gasteiger partial charge on any atom is -0.497 e. The molecular formula is C18H23N2O2+. The molecule has 0 saturated carbocycles. The van der Waals surface area contributed by atoms with Gasteiger partial charge in [0.15, 0.2) is 6.54 Å². The van der Waals surface area contributed by atoms with E-state index in [1.807, 2.05) is 42.5 Å². The molecule has 2 aromatic carbocycles. The summed E-state index contributed by atoms with van der Waals surface area (Å²) in [5, 5.41) is 2.93. The molecule has 1 amide bonds. The van der Waals surface area contributed by atoms with Crippen LogP contribution in [0.3, 0.4) is 0 Å². The monoisotopic (exact) mass is 299 g/mol. The summed E-state index contributed by atoms with van der Waals surface area (Å²) in [5.74, 6) is 0.753. The number of carbonyl (C=O) groups is 1. The Morgan fingerprint density at radius 3 is 2.59 bits per heavy atom. The van der Waals surface area contributed by atoms with Crippen LogP contribution < -0.4 is 15.0 Å². The lowest BCUT2D eigenvalue weighted by atomic mass is 10.2. The topological polar surface area (TPSA) is 42.8 Å². The van der Waals surface area contributed by atoms with E-state index in [9.17, 15) is 4.79 Å². The second-order valence-corrected chi connectivity index (χ2v) is 5.22. The number of ether oxygens (including phenoxy) is 1. The maximum absolute atomic E-state index is 12.2. The van der Waals surface area contributed by atoms with E-state index in [1.165, 1.54) is 10.5 Å². The summed E-state index contributed by atoms with van der Waals surface area (Å²) in [6, 6.07) is 17.6. The summed E-state index contributed by atoms with van der Waals surface area (Å²) in [4.78, 5) is 13.4. The SMILES string of the molecule is CC[NH+](CC(=O)Nc1cccc(OC)c1)Cc1ccccc1. The highest BCUT2D eigenvalue weighted by molar-refractivity contribution is 5.91. The Morgan fingerprint density at radius 2 is 1.91 bits per heavy atom. The van der Waals surface area contributed by atoms with Crippen molar-refractivity contribution in [2.45, 2.75) is 13.5 Å². The Bertz CT molecular complexity index is 599. The summed E-state index contributed by atoms with van der Waals surface area (Å²) in [6.07, 6.45) is 0. The predicted molar refractivity (Wildman–Crippen MR) is 88.1 cm³/mol. The molecule has 0 aliphatic heterocycles. The zero-order valence-electron chi connectivity index (χ0n) is 13.1. The van der Waals surface area contributed by atoms with E-state index in [1.54, 1.807) is 7.11 Å². The summed E-state index contributed by atoms with van der Waals surface area (Å²) in [6.45, 7) is 4.29. The Morgan fingerprint density at radius 1 is 1.14 bits per heavy atom. The third kappa shape index (κ3) is 4.90. The van der Waals surface area contributed by atoms with Gasteiger partial charge in [-0.25, -0.2) is 0 Å². The summed E-state index contributed by atoms with van der Waals surface area (Å²) in [5.41, 5.74) is 2.01. The highest BCUT2D eigenvalue weighted by Gasteiger charge is 2.13. The van der Waals surface area contributed by atoms with Gasteiger partial charge in [-0.15, -0.1) is 0 Å². The second-order valence-electron chi connectivity index (χ2n) is 5.22.